The first-order valence-corrected chi connectivity index (χ1v) is 4.60. The maximum absolute atomic E-state index is 11.2. The number of rotatable bonds is 3. The molecule has 0 aromatic heterocycles. The van der Waals surface area contributed by atoms with Gasteiger partial charge in [-0.25, -0.2) is 4.90 Å². The lowest BCUT2D eigenvalue weighted by atomic mass is 9.98. The zero-order chi connectivity index (χ0) is 13.0. The molecule has 2 amide bonds. The van der Waals surface area contributed by atoms with E-state index < -0.39 is 35.1 Å². The fourth-order valence-electron chi connectivity index (χ4n) is 1.36. The molecule has 0 aromatic carbocycles. The molecule has 0 heterocycles. The topological polar surface area (TPSA) is 95.4 Å². The minimum absolute atomic E-state index is 0.521. The minimum Gasteiger partial charge on any atom is -0.299 e. The molecule has 0 radical (unpaired) electrons. The predicted octanol–water partition coefficient (Wildman–Crippen LogP) is 0.153. The molecule has 0 aliphatic rings. The quantitative estimate of drug-likeness (QED) is 0.421. The highest BCUT2D eigenvalue weighted by molar-refractivity contribution is 6.24. The van der Waals surface area contributed by atoms with Crippen LogP contribution in [0.3, 0.4) is 0 Å². The van der Waals surface area contributed by atoms with E-state index in [1.165, 1.54) is 0 Å². The number of carbonyl (C=O) groups excluding carboxylic acids is 4. The van der Waals surface area contributed by atoms with Gasteiger partial charge in [-0.2, -0.15) is 0 Å². The molecule has 0 spiro atoms. The standard InChI is InChI=1S/C10H14N2O4/c1-5(13)9(6(2)14)10(11)12(7(3)15)8(4)16/h9,11H,1-4H3. The molecule has 0 bridgehead atoms. The number of ketones is 2. The lowest BCUT2D eigenvalue weighted by molar-refractivity contribution is -0.137. The Morgan fingerprint density at radius 2 is 1.19 bits per heavy atom. The number of hydrogen-bond acceptors (Lipinski definition) is 5. The Kier molecular flexibility index (Phi) is 4.68. The molecule has 16 heavy (non-hydrogen) atoms. The number of imide groups is 1. The van der Waals surface area contributed by atoms with Gasteiger partial charge in [0.15, 0.2) is 0 Å². The molecule has 6 nitrogen and oxygen atoms in total. The molecule has 1 N–H and O–H groups in total. The number of nitrogens with one attached hydrogen (secondary N) is 1. The van der Waals surface area contributed by atoms with Gasteiger partial charge in [0.25, 0.3) is 0 Å². The van der Waals surface area contributed by atoms with E-state index in [0.29, 0.717) is 4.90 Å². The van der Waals surface area contributed by atoms with E-state index in [2.05, 4.69) is 0 Å². The van der Waals surface area contributed by atoms with Crippen LogP contribution in [0.15, 0.2) is 0 Å². The number of Topliss-reactive ketones (excluding diaryl/α,β-unsaturated/α-hetero) is 2. The van der Waals surface area contributed by atoms with E-state index in [-0.39, 0.29) is 0 Å². The summed E-state index contributed by atoms with van der Waals surface area (Å²) in [7, 11) is 0. The van der Waals surface area contributed by atoms with Crippen LogP contribution in [0.25, 0.3) is 0 Å². The Hall–Kier alpha value is -1.85. The molecule has 0 rings (SSSR count). The Bertz CT molecular complexity index is 311. The van der Waals surface area contributed by atoms with Crippen LogP contribution in [0.4, 0.5) is 0 Å². The van der Waals surface area contributed by atoms with Crippen molar-refractivity contribution >= 4 is 29.2 Å². The average molecular weight is 226 g/mol. The largest absolute Gasteiger partial charge is 0.299 e. The van der Waals surface area contributed by atoms with Crippen LogP contribution < -0.4 is 0 Å². The van der Waals surface area contributed by atoms with Gasteiger partial charge in [0.05, 0.1) is 0 Å². The normalized spacial score (nSPS) is 9.81. The van der Waals surface area contributed by atoms with Crippen molar-refractivity contribution in [2.45, 2.75) is 27.7 Å². The van der Waals surface area contributed by atoms with Gasteiger partial charge >= 0.3 is 0 Å². The van der Waals surface area contributed by atoms with Gasteiger partial charge in [0.1, 0.15) is 23.3 Å². The summed E-state index contributed by atoms with van der Waals surface area (Å²) in [5.41, 5.74) is 0. The number of amidine groups is 1. The minimum atomic E-state index is -1.35. The van der Waals surface area contributed by atoms with Crippen molar-refractivity contribution in [1.29, 1.82) is 5.41 Å². The fraction of sp³-hybridized carbons (Fsp3) is 0.500. The first-order valence-electron chi connectivity index (χ1n) is 4.60. The molecule has 0 unspecified atom stereocenters. The maximum Gasteiger partial charge on any atom is 0.231 e. The zero-order valence-electron chi connectivity index (χ0n) is 9.66. The van der Waals surface area contributed by atoms with Crippen LogP contribution in [0.5, 0.6) is 0 Å². The van der Waals surface area contributed by atoms with Gasteiger partial charge in [-0.15, -0.1) is 0 Å². The van der Waals surface area contributed by atoms with Gasteiger partial charge in [0.2, 0.25) is 11.8 Å². The summed E-state index contributed by atoms with van der Waals surface area (Å²) in [6, 6.07) is 0. The molecule has 0 aromatic rings. The third-order valence-electron chi connectivity index (χ3n) is 1.96. The Labute approximate surface area is 93.1 Å². The van der Waals surface area contributed by atoms with Crippen LogP contribution in [-0.2, 0) is 19.2 Å². The van der Waals surface area contributed by atoms with Crippen LogP contribution in [0.1, 0.15) is 27.7 Å². The van der Waals surface area contributed by atoms with Crippen molar-refractivity contribution < 1.29 is 19.2 Å². The van der Waals surface area contributed by atoms with Crippen LogP contribution >= 0.6 is 0 Å². The second-order valence-electron chi connectivity index (χ2n) is 3.41. The molecule has 0 saturated heterocycles. The van der Waals surface area contributed by atoms with E-state index in [1.54, 1.807) is 0 Å². The van der Waals surface area contributed by atoms with Crippen molar-refractivity contribution in [3.8, 4) is 0 Å². The number of nitrogens with zero attached hydrogens (tertiary/aromatic N) is 1. The second-order valence-corrected chi connectivity index (χ2v) is 3.41. The van der Waals surface area contributed by atoms with Crippen molar-refractivity contribution in [3.05, 3.63) is 0 Å². The zero-order valence-corrected chi connectivity index (χ0v) is 9.66. The van der Waals surface area contributed by atoms with Gasteiger partial charge < -0.3 is 0 Å². The van der Waals surface area contributed by atoms with Crippen molar-refractivity contribution in [1.82, 2.24) is 4.90 Å². The highest BCUT2D eigenvalue weighted by Crippen LogP contribution is 2.08. The van der Waals surface area contributed by atoms with Crippen molar-refractivity contribution in [2.75, 3.05) is 0 Å². The molecule has 0 aliphatic heterocycles. The SMILES string of the molecule is CC(=O)C(C(=N)N(C(C)=O)C(C)=O)C(C)=O. The Morgan fingerprint density at radius 1 is 0.875 bits per heavy atom. The predicted molar refractivity (Wildman–Crippen MR) is 55.8 cm³/mol. The first-order chi connectivity index (χ1) is 7.20. The van der Waals surface area contributed by atoms with Gasteiger partial charge in [0, 0.05) is 13.8 Å². The monoisotopic (exact) mass is 226 g/mol. The number of hydrogen-bond donors (Lipinski definition) is 1. The fourth-order valence-corrected chi connectivity index (χ4v) is 1.36. The molecule has 0 atom stereocenters. The van der Waals surface area contributed by atoms with Gasteiger partial charge in [-0.05, 0) is 13.8 Å². The van der Waals surface area contributed by atoms with E-state index in [4.69, 9.17) is 5.41 Å². The maximum atomic E-state index is 11.2. The molecule has 0 fully saturated rings. The molecule has 6 heteroatoms. The summed E-state index contributed by atoms with van der Waals surface area (Å²) >= 11 is 0. The second kappa shape index (κ2) is 5.29. The Morgan fingerprint density at radius 3 is 1.38 bits per heavy atom. The van der Waals surface area contributed by atoms with E-state index in [1.807, 2.05) is 0 Å². The van der Waals surface area contributed by atoms with Gasteiger partial charge in [-0.1, -0.05) is 0 Å². The molecule has 88 valence electrons. The summed E-state index contributed by atoms with van der Waals surface area (Å²) in [6.07, 6.45) is 0. The first kappa shape index (κ1) is 14.2. The Balaban J connectivity index is 5.28. The van der Waals surface area contributed by atoms with Crippen LogP contribution in [0.2, 0.25) is 0 Å². The summed E-state index contributed by atoms with van der Waals surface area (Å²) in [5, 5.41) is 7.57. The van der Waals surface area contributed by atoms with Crippen LogP contribution in [-0.4, -0.2) is 34.1 Å². The average Bonchev–Trinajstić information content (AvgIpc) is 1.99. The third kappa shape index (κ3) is 3.08. The van der Waals surface area contributed by atoms with E-state index in [9.17, 15) is 19.2 Å². The lowest BCUT2D eigenvalue weighted by Gasteiger charge is -2.21. The summed E-state index contributed by atoms with van der Waals surface area (Å²) < 4.78 is 0. The molecule has 0 aliphatic carbocycles. The molecular formula is C10H14N2O4. The van der Waals surface area contributed by atoms with Gasteiger partial charge in [-0.3, -0.25) is 24.6 Å². The molecule has 0 saturated carbocycles. The smallest absolute Gasteiger partial charge is 0.231 e. The highest BCUT2D eigenvalue weighted by atomic mass is 16.2. The van der Waals surface area contributed by atoms with E-state index >= 15 is 0 Å². The molecular weight excluding hydrogens is 212 g/mol. The number of carbonyl (C=O) groups is 4. The summed E-state index contributed by atoms with van der Waals surface area (Å²) in [5.74, 6) is -4.45. The lowest BCUT2D eigenvalue weighted by Crippen LogP contribution is -2.46. The highest BCUT2D eigenvalue weighted by Gasteiger charge is 2.32. The summed E-state index contributed by atoms with van der Waals surface area (Å²) in [4.78, 5) is 45.1. The summed E-state index contributed by atoms with van der Waals surface area (Å²) in [6.45, 7) is 4.46. The third-order valence-corrected chi connectivity index (χ3v) is 1.96. The number of amides is 2. The van der Waals surface area contributed by atoms with Crippen molar-refractivity contribution in [2.24, 2.45) is 5.92 Å². The van der Waals surface area contributed by atoms with Crippen molar-refractivity contribution in [3.63, 3.8) is 0 Å². The van der Waals surface area contributed by atoms with E-state index in [0.717, 1.165) is 27.7 Å². The van der Waals surface area contributed by atoms with Crippen LogP contribution in [0, 0.1) is 11.3 Å².